The van der Waals surface area contributed by atoms with Crippen LogP contribution in [0.3, 0.4) is 0 Å². The molecular formula is C36H40O7. The van der Waals surface area contributed by atoms with E-state index < -0.39 is 12.2 Å². The highest BCUT2D eigenvalue weighted by Crippen LogP contribution is 2.21. The maximum atomic E-state index is 10.4. The van der Waals surface area contributed by atoms with E-state index in [1.54, 1.807) is 0 Å². The Morgan fingerprint density at radius 2 is 0.884 bits per heavy atom. The van der Waals surface area contributed by atoms with Crippen molar-refractivity contribution in [2.75, 3.05) is 33.0 Å². The lowest BCUT2D eigenvalue weighted by Crippen LogP contribution is -2.25. The summed E-state index contributed by atoms with van der Waals surface area (Å²) in [4.78, 5) is 0. The molecule has 3 atom stereocenters. The van der Waals surface area contributed by atoms with Gasteiger partial charge in [0.15, 0.2) is 0 Å². The Morgan fingerprint density at radius 1 is 0.558 bits per heavy atom. The van der Waals surface area contributed by atoms with Crippen molar-refractivity contribution in [3.63, 3.8) is 0 Å². The van der Waals surface area contributed by atoms with E-state index in [1.807, 2.05) is 91.9 Å². The smallest absolute Gasteiger partial charge is 0.122 e. The Balaban J connectivity index is 0.990. The lowest BCUT2D eigenvalue weighted by molar-refractivity contribution is 0.0626. The van der Waals surface area contributed by atoms with Gasteiger partial charge in [-0.1, -0.05) is 55.5 Å². The number of hydrogen-bond acceptors (Lipinski definition) is 7. The molecule has 0 radical (unpaired) electrons. The normalized spacial score (nSPS) is 15.4. The first kappa shape index (κ1) is 30.4. The van der Waals surface area contributed by atoms with Gasteiger partial charge in [0.2, 0.25) is 0 Å². The van der Waals surface area contributed by atoms with Crippen LogP contribution in [-0.2, 0) is 17.6 Å². The largest absolute Gasteiger partial charge is 0.491 e. The second kappa shape index (κ2) is 15.4. The molecule has 0 saturated carbocycles. The molecular weight excluding hydrogens is 544 g/mol. The maximum absolute atomic E-state index is 10.4. The number of aliphatic hydroxyl groups is 2. The van der Waals surface area contributed by atoms with Gasteiger partial charge in [-0.25, -0.2) is 0 Å². The minimum absolute atomic E-state index is 0.138. The van der Waals surface area contributed by atoms with Gasteiger partial charge >= 0.3 is 0 Å². The summed E-state index contributed by atoms with van der Waals surface area (Å²) in [5, 5.41) is 20.0. The van der Waals surface area contributed by atoms with Crippen molar-refractivity contribution < 1.29 is 33.9 Å². The van der Waals surface area contributed by atoms with Crippen LogP contribution in [0.25, 0.3) is 0 Å². The Kier molecular flexibility index (Phi) is 10.9. The standard InChI is InChI=1S/C36H40O7/c1-2-30(37)21-39-32-11-3-26(4-12-32)19-27-5-13-33(14-6-27)40-22-31(38)23-41-34-15-7-28(8-16-34)20-29-9-17-35(18-10-29)42-24-36-25-43-36/h3-18,30-31,36-38H,2,19-25H2,1H3. The first-order valence-electron chi connectivity index (χ1n) is 14.9. The van der Waals surface area contributed by atoms with Crippen molar-refractivity contribution >= 4 is 0 Å². The molecule has 2 N–H and O–H groups in total. The zero-order valence-electron chi connectivity index (χ0n) is 24.6. The fourth-order valence-electron chi connectivity index (χ4n) is 4.38. The lowest BCUT2D eigenvalue weighted by atomic mass is 10.0. The summed E-state index contributed by atoms with van der Waals surface area (Å²) >= 11 is 0. The summed E-state index contributed by atoms with van der Waals surface area (Å²) in [6.07, 6.45) is 1.32. The molecule has 43 heavy (non-hydrogen) atoms. The zero-order valence-corrected chi connectivity index (χ0v) is 24.6. The molecule has 5 rings (SSSR count). The summed E-state index contributed by atoms with van der Waals surface area (Å²) < 4.78 is 28.0. The average Bonchev–Trinajstić information content (AvgIpc) is 3.88. The predicted octanol–water partition coefficient (Wildman–Crippen LogP) is 5.61. The molecule has 7 nitrogen and oxygen atoms in total. The number of aliphatic hydroxyl groups excluding tert-OH is 2. The van der Waals surface area contributed by atoms with Gasteiger partial charge in [-0.05, 0) is 90.0 Å². The Bertz CT molecular complexity index is 1370. The third-order valence-corrected chi connectivity index (χ3v) is 7.15. The number of rotatable bonds is 17. The van der Waals surface area contributed by atoms with Crippen LogP contribution in [0.5, 0.6) is 23.0 Å². The monoisotopic (exact) mass is 584 g/mol. The summed E-state index contributed by atoms with van der Waals surface area (Å²) in [5.74, 6) is 3.01. The topological polar surface area (TPSA) is 89.9 Å². The van der Waals surface area contributed by atoms with Crippen LogP contribution in [0.4, 0.5) is 0 Å². The van der Waals surface area contributed by atoms with Gasteiger partial charge in [-0.15, -0.1) is 0 Å². The van der Waals surface area contributed by atoms with Crippen LogP contribution in [0.15, 0.2) is 97.1 Å². The van der Waals surface area contributed by atoms with E-state index in [0.29, 0.717) is 31.1 Å². The molecule has 1 fully saturated rings. The van der Waals surface area contributed by atoms with E-state index in [0.717, 1.165) is 42.1 Å². The average molecular weight is 585 g/mol. The van der Waals surface area contributed by atoms with Gasteiger partial charge in [0, 0.05) is 0 Å². The molecule has 4 aromatic rings. The highest BCUT2D eigenvalue weighted by atomic mass is 16.6. The molecule has 0 spiro atoms. The maximum Gasteiger partial charge on any atom is 0.122 e. The second-order valence-electron chi connectivity index (χ2n) is 10.8. The Morgan fingerprint density at radius 3 is 1.21 bits per heavy atom. The lowest BCUT2D eigenvalue weighted by Gasteiger charge is -2.14. The van der Waals surface area contributed by atoms with Gasteiger partial charge in [0.25, 0.3) is 0 Å². The molecule has 4 aromatic carbocycles. The van der Waals surface area contributed by atoms with Gasteiger partial charge in [0.05, 0.1) is 12.7 Å². The molecule has 1 aliphatic rings. The van der Waals surface area contributed by atoms with E-state index in [-0.39, 0.29) is 19.3 Å². The molecule has 0 bridgehead atoms. The van der Waals surface area contributed by atoms with Crippen LogP contribution in [-0.4, -0.2) is 61.6 Å². The van der Waals surface area contributed by atoms with Crippen molar-refractivity contribution in [1.82, 2.24) is 0 Å². The van der Waals surface area contributed by atoms with E-state index >= 15 is 0 Å². The third-order valence-electron chi connectivity index (χ3n) is 7.15. The van der Waals surface area contributed by atoms with Gasteiger partial charge < -0.3 is 33.9 Å². The Hall–Kier alpha value is -4.04. The minimum atomic E-state index is -0.759. The van der Waals surface area contributed by atoms with Crippen LogP contribution < -0.4 is 18.9 Å². The molecule has 226 valence electrons. The first-order valence-corrected chi connectivity index (χ1v) is 14.9. The van der Waals surface area contributed by atoms with Crippen LogP contribution in [0.2, 0.25) is 0 Å². The number of epoxide rings is 1. The van der Waals surface area contributed by atoms with Crippen LogP contribution >= 0.6 is 0 Å². The van der Waals surface area contributed by atoms with Gasteiger partial charge in [-0.2, -0.15) is 0 Å². The molecule has 1 heterocycles. The quantitative estimate of drug-likeness (QED) is 0.156. The van der Waals surface area contributed by atoms with Crippen molar-refractivity contribution in [2.24, 2.45) is 0 Å². The number of hydrogen-bond donors (Lipinski definition) is 2. The van der Waals surface area contributed by atoms with E-state index in [9.17, 15) is 10.2 Å². The highest BCUT2D eigenvalue weighted by molar-refractivity contribution is 5.35. The summed E-state index contributed by atoms with van der Waals surface area (Å²) in [7, 11) is 0. The molecule has 1 aliphatic heterocycles. The molecule has 3 unspecified atom stereocenters. The molecule has 0 aliphatic carbocycles. The van der Waals surface area contributed by atoms with Crippen molar-refractivity contribution in [1.29, 1.82) is 0 Å². The number of benzene rings is 4. The van der Waals surface area contributed by atoms with Crippen LogP contribution in [0, 0.1) is 0 Å². The van der Waals surface area contributed by atoms with Crippen molar-refractivity contribution in [3.8, 4) is 23.0 Å². The Labute approximate surface area is 253 Å². The molecule has 1 saturated heterocycles. The van der Waals surface area contributed by atoms with Crippen molar-refractivity contribution in [2.45, 2.75) is 44.5 Å². The third kappa shape index (κ3) is 10.3. The van der Waals surface area contributed by atoms with E-state index in [1.165, 1.54) is 11.1 Å². The zero-order chi connectivity index (χ0) is 29.9. The van der Waals surface area contributed by atoms with E-state index in [4.69, 9.17) is 23.7 Å². The van der Waals surface area contributed by atoms with Crippen LogP contribution in [0.1, 0.15) is 35.6 Å². The van der Waals surface area contributed by atoms with Gasteiger partial charge in [0.1, 0.15) is 61.6 Å². The number of ether oxygens (including phenoxy) is 5. The molecule has 7 heteroatoms. The summed E-state index contributed by atoms with van der Waals surface area (Å²) in [6, 6.07) is 31.8. The highest BCUT2D eigenvalue weighted by Gasteiger charge is 2.23. The predicted molar refractivity (Wildman–Crippen MR) is 165 cm³/mol. The second-order valence-corrected chi connectivity index (χ2v) is 10.8. The fourth-order valence-corrected chi connectivity index (χ4v) is 4.38. The minimum Gasteiger partial charge on any atom is -0.491 e. The molecule has 0 amide bonds. The molecule has 0 aromatic heterocycles. The summed E-state index contributed by atoms with van der Waals surface area (Å²) in [6.45, 7) is 3.91. The fraction of sp³-hybridized carbons (Fsp3) is 0.333. The SMILES string of the molecule is CCC(O)COc1ccc(Cc2ccc(OCC(O)COc3ccc(Cc4ccc(OCC5CO5)cc4)cc3)cc2)cc1. The van der Waals surface area contributed by atoms with E-state index in [2.05, 4.69) is 12.1 Å². The van der Waals surface area contributed by atoms with Gasteiger partial charge in [-0.3, -0.25) is 0 Å². The summed E-state index contributed by atoms with van der Waals surface area (Å²) in [5.41, 5.74) is 4.69. The van der Waals surface area contributed by atoms with Crippen molar-refractivity contribution in [3.05, 3.63) is 119 Å². The first-order chi connectivity index (χ1) is 21.0.